The molecule has 0 radical (unpaired) electrons. The molecule has 49 heavy (non-hydrogen) atoms. The van der Waals surface area contributed by atoms with Crippen molar-refractivity contribution in [3.63, 3.8) is 0 Å². The molecule has 3 unspecified atom stereocenters. The van der Waals surface area contributed by atoms with Crippen molar-refractivity contribution in [3.05, 3.63) is 39.7 Å². The number of ketones is 5. The number of rotatable bonds is 8. The first-order valence-electron chi connectivity index (χ1n) is 14.7. The van der Waals surface area contributed by atoms with E-state index in [1.54, 1.807) is 6.92 Å². The number of methoxy groups -OCH3 is 6. The van der Waals surface area contributed by atoms with Gasteiger partial charge in [-0.3, -0.25) is 24.0 Å². The van der Waals surface area contributed by atoms with Crippen molar-refractivity contribution < 1.29 is 82.0 Å². The molecule has 264 valence electrons. The van der Waals surface area contributed by atoms with Gasteiger partial charge in [-0.2, -0.15) is 0 Å². The van der Waals surface area contributed by atoms with Crippen LogP contribution in [0.5, 0.6) is 11.5 Å². The molecule has 3 aliphatic carbocycles. The van der Waals surface area contributed by atoms with Crippen molar-refractivity contribution in [1.29, 1.82) is 0 Å². The lowest BCUT2D eigenvalue weighted by atomic mass is 9.60. The Kier molecular flexibility index (Phi) is 9.17. The molecular formula is C32H34O17. The average Bonchev–Trinajstić information content (AvgIpc) is 3.07. The Morgan fingerprint density at radius 1 is 0.796 bits per heavy atom. The number of esters is 1. The van der Waals surface area contributed by atoms with E-state index in [1.807, 2.05) is 0 Å². The quantitative estimate of drug-likeness (QED) is 0.179. The van der Waals surface area contributed by atoms with E-state index in [-0.39, 0.29) is 5.57 Å². The lowest BCUT2D eigenvalue weighted by molar-refractivity contribution is -0.308. The predicted octanol–water partition coefficient (Wildman–Crippen LogP) is -0.407. The van der Waals surface area contributed by atoms with E-state index in [4.69, 9.17) is 37.9 Å². The number of ether oxygens (including phenoxy) is 8. The Morgan fingerprint density at radius 3 is 1.90 bits per heavy atom. The van der Waals surface area contributed by atoms with Crippen LogP contribution in [0.25, 0.3) is 5.57 Å². The molecule has 1 aromatic rings. The van der Waals surface area contributed by atoms with Crippen molar-refractivity contribution in [2.24, 2.45) is 0 Å². The lowest BCUT2D eigenvalue weighted by Gasteiger charge is -2.46. The Morgan fingerprint density at radius 2 is 1.37 bits per heavy atom. The number of aliphatic hydroxyl groups is 1. The van der Waals surface area contributed by atoms with Gasteiger partial charge < -0.3 is 53.2 Å². The maximum atomic E-state index is 14.3. The van der Waals surface area contributed by atoms with Crippen LogP contribution in [0.2, 0.25) is 0 Å². The summed E-state index contributed by atoms with van der Waals surface area (Å²) in [6.07, 6.45) is -6.06. The van der Waals surface area contributed by atoms with Crippen molar-refractivity contribution in [2.75, 3.05) is 42.7 Å². The molecule has 1 aliphatic heterocycles. The van der Waals surface area contributed by atoms with E-state index in [0.717, 1.165) is 21.3 Å². The van der Waals surface area contributed by atoms with Crippen molar-refractivity contribution in [2.45, 2.75) is 61.9 Å². The van der Waals surface area contributed by atoms with E-state index >= 15 is 0 Å². The second kappa shape index (κ2) is 12.5. The molecule has 1 aromatic carbocycles. The minimum Gasteiger partial charge on any atom is -0.506 e. The summed E-state index contributed by atoms with van der Waals surface area (Å²) in [7, 11) is 6.85. The van der Waals surface area contributed by atoms with Crippen LogP contribution in [0.1, 0.15) is 50.5 Å². The molecule has 8 atom stereocenters. The van der Waals surface area contributed by atoms with Gasteiger partial charge in [0.15, 0.2) is 18.2 Å². The number of phenolic OH excluding ortho intramolecular Hbond substituents is 2. The van der Waals surface area contributed by atoms with E-state index in [9.17, 15) is 44.1 Å². The third-order valence-electron chi connectivity index (χ3n) is 9.49. The van der Waals surface area contributed by atoms with Crippen LogP contribution in [0.4, 0.5) is 0 Å². The van der Waals surface area contributed by atoms with Gasteiger partial charge in [-0.25, -0.2) is 4.79 Å². The number of carbonyl (C=O) groups excluding carboxylic acids is 6. The number of benzene rings is 1. The van der Waals surface area contributed by atoms with Gasteiger partial charge in [-0.05, 0) is 19.4 Å². The van der Waals surface area contributed by atoms with Crippen molar-refractivity contribution >= 4 is 40.5 Å². The Bertz CT molecular complexity index is 1760. The summed E-state index contributed by atoms with van der Waals surface area (Å²) in [6, 6.07) is 0. The van der Waals surface area contributed by atoms with E-state index in [2.05, 4.69) is 0 Å². The van der Waals surface area contributed by atoms with Crippen LogP contribution in [-0.2, 0) is 52.3 Å². The smallest absolute Gasteiger partial charge is 0.337 e. The molecule has 1 saturated heterocycles. The summed E-state index contributed by atoms with van der Waals surface area (Å²) in [5, 5.41) is 34.9. The first-order chi connectivity index (χ1) is 23.1. The zero-order valence-corrected chi connectivity index (χ0v) is 27.6. The molecule has 5 rings (SSSR count). The largest absolute Gasteiger partial charge is 0.506 e. The van der Waals surface area contributed by atoms with Crippen LogP contribution >= 0.6 is 0 Å². The molecule has 17 heteroatoms. The molecule has 1 fully saturated rings. The summed E-state index contributed by atoms with van der Waals surface area (Å²) in [6.45, 7) is 2.87. The fourth-order valence-electron chi connectivity index (χ4n) is 7.11. The van der Waals surface area contributed by atoms with E-state index in [0.29, 0.717) is 6.08 Å². The molecule has 0 bridgehead atoms. The monoisotopic (exact) mass is 690 g/mol. The standard InChI is InChI=1S/C32H34O17/c1-10-14-16(21(36)23(15(10)29(40)46-7)49-30-25(45-6)24(44-5)22(43-4)11(2)48-30)20(35)17-18(19(14)34)28(39)32(47-8)13(33)9-12(42-3)26(37)31(32,41)27(17)38/h9,11,22-25,30,34-35,41H,1-8H3/t11-,22+,23?,24+,25+,30-,31?,32?/m1/s1. The average molecular weight is 691 g/mol. The maximum absolute atomic E-state index is 14.3. The number of allylic oxidation sites excluding steroid dienone is 1. The Balaban J connectivity index is 1.76. The Hall–Kier alpha value is -4.36. The van der Waals surface area contributed by atoms with Gasteiger partial charge in [0.1, 0.15) is 29.8 Å². The van der Waals surface area contributed by atoms with Crippen LogP contribution in [0.15, 0.2) is 17.4 Å². The third-order valence-corrected chi connectivity index (χ3v) is 9.49. The zero-order chi connectivity index (χ0) is 36.5. The molecule has 17 nitrogen and oxygen atoms in total. The number of hydrogen-bond acceptors (Lipinski definition) is 17. The van der Waals surface area contributed by atoms with Crippen LogP contribution in [0, 0.1) is 0 Å². The van der Waals surface area contributed by atoms with Crippen molar-refractivity contribution in [1.82, 2.24) is 0 Å². The van der Waals surface area contributed by atoms with Gasteiger partial charge >= 0.3 is 5.97 Å². The topological polar surface area (TPSA) is 237 Å². The fourth-order valence-corrected chi connectivity index (χ4v) is 7.11. The molecular weight excluding hydrogens is 656 g/mol. The number of carbonyl (C=O) groups is 6. The summed E-state index contributed by atoms with van der Waals surface area (Å²) in [4.78, 5) is 82.6. The second-order valence-electron chi connectivity index (χ2n) is 11.6. The summed E-state index contributed by atoms with van der Waals surface area (Å²) in [5.74, 6) is -11.9. The predicted molar refractivity (Wildman–Crippen MR) is 159 cm³/mol. The lowest BCUT2D eigenvalue weighted by Crippen LogP contribution is -2.76. The zero-order valence-electron chi connectivity index (χ0n) is 27.6. The molecule has 0 amide bonds. The second-order valence-corrected chi connectivity index (χ2v) is 11.6. The van der Waals surface area contributed by atoms with Crippen LogP contribution in [-0.4, -0.2) is 141 Å². The maximum Gasteiger partial charge on any atom is 0.337 e. The highest BCUT2D eigenvalue weighted by Crippen LogP contribution is 2.53. The first-order valence-corrected chi connectivity index (χ1v) is 14.7. The molecule has 4 aliphatic rings. The Labute approximate surface area is 278 Å². The van der Waals surface area contributed by atoms with E-state index in [1.165, 1.54) is 28.3 Å². The number of aromatic hydroxyl groups is 2. The molecule has 0 spiro atoms. The number of Topliss-reactive ketones (excluding diaryl/α,β-unsaturated/α-hetero) is 4. The normalized spacial score (nSPS) is 32.8. The molecule has 3 N–H and O–H groups in total. The fraction of sp³-hybridized carbons (Fsp3) is 0.500. The van der Waals surface area contributed by atoms with E-state index < -0.39 is 128 Å². The number of fused-ring (bicyclic) bond motifs is 3. The minimum absolute atomic E-state index is 0.252. The van der Waals surface area contributed by atoms with Crippen LogP contribution in [0.3, 0.4) is 0 Å². The summed E-state index contributed by atoms with van der Waals surface area (Å²) < 4.78 is 43.5. The summed E-state index contributed by atoms with van der Waals surface area (Å²) >= 11 is 0. The van der Waals surface area contributed by atoms with Gasteiger partial charge in [-0.15, -0.1) is 0 Å². The van der Waals surface area contributed by atoms with Gasteiger partial charge in [-0.1, -0.05) is 0 Å². The van der Waals surface area contributed by atoms with Crippen molar-refractivity contribution in [3.8, 4) is 11.5 Å². The SMILES string of the molecule is COC(=O)C1=C(C)c2c(O)c3c(c(O)c2C(=O)C1O[C@H]1O[C@H](C)[C@H](OC)[C@H](OC)[C@@H]1OC)C(=O)C1(O)C(=O)C(OC)=CC(=O)C1(OC)C3=O. The van der Waals surface area contributed by atoms with Crippen LogP contribution < -0.4 is 0 Å². The minimum atomic E-state index is -3.64. The molecule has 0 saturated carbocycles. The third kappa shape index (κ3) is 4.50. The molecule has 1 heterocycles. The van der Waals surface area contributed by atoms with Gasteiger partial charge in [0.2, 0.25) is 40.1 Å². The van der Waals surface area contributed by atoms with Gasteiger partial charge in [0.25, 0.3) is 0 Å². The number of phenols is 2. The van der Waals surface area contributed by atoms with Gasteiger partial charge in [0, 0.05) is 40.1 Å². The van der Waals surface area contributed by atoms with Gasteiger partial charge in [0.05, 0.1) is 42.6 Å². The number of hydrogen-bond donors (Lipinski definition) is 3. The molecule has 0 aromatic heterocycles. The summed E-state index contributed by atoms with van der Waals surface area (Å²) in [5.41, 5.74) is -11.3. The highest BCUT2D eigenvalue weighted by Gasteiger charge is 2.75. The first kappa shape index (κ1) is 35.9. The highest BCUT2D eigenvalue weighted by atomic mass is 16.7. The highest BCUT2D eigenvalue weighted by molar-refractivity contribution is 6.43.